The van der Waals surface area contributed by atoms with Gasteiger partial charge >= 0.3 is 0 Å². The van der Waals surface area contributed by atoms with E-state index in [0.29, 0.717) is 13.2 Å². The van der Waals surface area contributed by atoms with Crippen molar-refractivity contribution in [2.75, 3.05) is 20.3 Å². The first-order chi connectivity index (χ1) is 7.69. The standard InChI is InChI=1S/C13H19NO2/c1-10(2)9-16-13-11(7-8-14)5-4-6-12(13)15-3/h4-6H,1,7-9,14H2,2-3H3. The normalized spacial score (nSPS) is 9.94. The topological polar surface area (TPSA) is 44.5 Å². The number of rotatable bonds is 6. The third-order valence-electron chi connectivity index (χ3n) is 2.16. The second-order valence-electron chi connectivity index (χ2n) is 3.73. The van der Waals surface area contributed by atoms with E-state index in [0.717, 1.165) is 29.1 Å². The Morgan fingerprint density at radius 3 is 2.75 bits per heavy atom. The van der Waals surface area contributed by atoms with Crippen LogP contribution in [0.5, 0.6) is 11.5 Å². The van der Waals surface area contributed by atoms with Crippen LogP contribution in [0.3, 0.4) is 0 Å². The summed E-state index contributed by atoms with van der Waals surface area (Å²) in [5.41, 5.74) is 7.61. The quantitative estimate of drug-likeness (QED) is 0.749. The minimum Gasteiger partial charge on any atom is -0.493 e. The lowest BCUT2D eigenvalue weighted by molar-refractivity contribution is 0.316. The molecular weight excluding hydrogens is 202 g/mol. The zero-order valence-electron chi connectivity index (χ0n) is 9.95. The summed E-state index contributed by atoms with van der Waals surface area (Å²) in [5, 5.41) is 0. The monoisotopic (exact) mass is 221 g/mol. The molecule has 0 radical (unpaired) electrons. The summed E-state index contributed by atoms with van der Waals surface area (Å²) in [6.07, 6.45) is 0.780. The Labute approximate surface area is 96.9 Å². The highest BCUT2D eigenvalue weighted by Crippen LogP contribution is 2.31. The molecule has 0 unspecified atom stereocenters. The highest BCUT2D eigenvalue weighted by atomic mass is 16.5. The lowest BCUT2D eigenvalue weighted by Gasteiger charge is -2.14. The third-order valence-corrected chi connectivity index (χ3v) is 2.16. The number of methoxy groups -OCH3 is 1. The molecule has 0 heterocycles. The van der Waals surface area contributed by atoms with Gasteiger partial charge in [-0.15, -0.1) is 0 Å². The Morgan fingerprint density at radius 1 is 1.44 bits per heavy atom. The van der Waals surface area contributed by atoms with E-state index in [1.54, 1.807) is 7.11 Å². The van der Waals surface area contributed by atoms with E-state index in [-0.39, 0.29) is 0 Å². The summed E-state index contributed by atoms with van der Waals surface area (Å²) in [6, 6.07) is 5.83. The molecule has 88 valence electrons. The van der Waals surface area contributed by atoms with Gasteiger partial charge in [-0.1, -0.05) is 18.7 Å². The van der Waals surface area contributed by atoms with Gasteiger partial charge in [-0.05, 0) is 37.1 Å². The fraction of sp³-hybridized carbons (Fsp3) is 0.385. The molecule has 0 saturated carbocycles. The van der Waals surface area contributed by atoms with Crippen LogP contribution in [0.2, 0.25) is 0 Å². The fourth-order valence-electron chi connectivity index (χ4n) is 1.43. The van der Waals surface area contributed by atoms with Crippen molar-refractivity contribution in [3.8, 4) is 11.5 Å². The average molecular weight is 221 g/mol. The predicted octanol–water partition coefficient (Wildman–Crippen LogP) is 2.15. The van der Waals surface area contributed by atoms with E-state index in [1.165, 1.54) is 0 Å². The van der Waals surface area contributed by atoms with Crippen molar-refractivity contribution in [1.82, 2.24) is 0 Å². The summed E-state index contributed by atoms with van der Waals surface area (Å²) in [7, 11) is 1.63. The molecule has 0 aliphatic carbocycles. The zero-order chi connectivity index (χ0) is 12.0. The molecule has 0 atom stereocenters. The highest BCUT2D eigenvalue weighted by Gasteiger charge is 2.09. The number of benzene rings is 1. The van der Waals surface area contributed by atoms with Crippen LogP contribution >= 0.6 is 0 Å². The van der Waals surface area contributed by atoms with Crippen LogP contribution in [-0.4, -0.2) is 20.3 Å². The van der Waals surface area contributed by atoms with E-state index in [4.69, 9.17) is 15.2 Å². The summed E-state index contributed by atoms with van der Waals surface area (Å²) >= 11 is 0. The molecule has 0 saturated heterocycles. The molecule has 1 aromatic rings. The molecule has 0 amide bonds. The maximum atomic E-state index is 5.69. The summed E-state index contributed by atoms with van der Waals surface area (Å²) in [6.45, 7) is 6.83. The highest BCUT2D eigenvalue weighted by molar-refractivity contribution is 5.47. The van der Waals surface area contributed by atoms with Gasteiger partial charge in [0.2, 0.25) is 0 Å². The van der Waals surface area contributed by atoms with Gasteiger partial charge in [0.15, 0.2) is 11.5 Å². The first-order valence-electron chi connectivity index (χ1n) is 5.32. The Morgan fingerprint density at radius 2 is 2.19 bits per heavy atom. The van der Waals surface area contributed by atoms with Crippen LogP contribution in [0.15, 0.2) is 30.4 Å². The Hall–Kier alpha value is -1.48. The SMILES string of the molecule is C=C(C)COc1c(CCN)cccc1OC. The average Bonchev–Trinajstić information content (AvgIpc) is 2.27. The predicted molar refractivity (Wildman–Crippen MR) is 66.1 cm³/mol. The molecule has 3 nitrogen and oxygen atoms in total. The minimum absolute atomic E-state index is 0.498. The molecule has 3 heteroatoms. The Kier molecular flexibility index (Phi) is 4.86. The summed E-state index contributed by atoms with van der Waals surface area (Å²) in [5.74, 6) is 1.52. The Balaban J connectivity index is 2.94. The third kappa shape index (κ3) is 3.28. The summed E-state index contributed by atoms with van der Waals surface area (Å²) < 4.78 is 11.0. The molecule has 2 N–H and O–H groups in total. The van der Waals surface area contributed by atoms with E-state index in [2.05, 4.69) is 6.58 Å². The maximum absolute atomic E-state index is 5.69. The number of hydrogen-bond donors (Lipinski definition) is 1. The van der Waals surface area contributed by atoms with Gasteiger partial charge in [-0.3, -0.25) is 0 Å². The summed E-state index contributed by atoms with van der Waals surface area (Å²) in [4.78, 5) is 0. The second kappa shape index (κ2) is 6.18. The maximum Gasteiger partial charge on any atom is 0.164 e. The van der Waals surface area contributed by atoms with Crippen molar-refractivity contribution in [3.63, 3.8) is 0 Å². The van der Waals surface area contributed by atoms with Gasteiger partial charge in [-0.25, -0.2) is 0 Å². The molecule has 16 heavy (non-hydrogen) atoms. The van der Waals surface area contributed by atoms with Crippen molar-refractivity contribution in [1.29, 1.82) is 0 Å². The van der Waals surface area contributed by atoms with E-state index in [1.807, 2.05) is 25.1 Å². The van der Waals surface area contributed by atoms with Crippen LogP contribution in [0.4, 0.5) is 0 Å². The number of nitrogens with two attached hydrogens (primary N) is 1. The van der Waals surface area contributed by atoms with Crippen LogP contribution in [0, 0.1) is 0 Å². The molecule has 0 aliphatic rings. The van der Waals surface area contributed by atoms with Gasteiger partial charge in [0.1, 0.15) is 6.61 Å². The van der Waals surface area contributed by atoms with Crippen molar-refractivity contribution >= 4 is 0 Å². The smallest absolute Gasteiger partial charge is 0.164 e. The zero-order valence-corrected chi connectivity index (χ0v) is 9.95. The number of hydrogen-bond acceptors (Lipinski definition) is 3. The Bertz CT molecular complexity index is 361. The molecule has 0 aliphatic heterocycles. The van der Waals surface area contributed by atoms with Gasteiger partial charge in [-0.2, -0.15) is 0 Å². The van der Waals surface area contributed by atoms with Crippen molar-refractivity contribution in [2.24, 2.45) is 5.73 Å². The molecule has 1 aromatic carbocycles. The van der Waals surface area contributed by atoms with E-state index >= 15 is 0 Å². The van der Waals surface area contributed by atoms with E-state index in [9.17, 15) is 0 Å². The van der Waals surface area contributed by atoms with Crippen molar-refractivity contribution in [2.45, 2.75) is 13.3 Å². The molecule has 0 bridgehead atoms. The van der Waals surface area contributed by atoms with Crippen LogP contribution in [-0.2, 0) is 6.42 Å². The van der Waals surface area contributed by atoms with Crippen molar-refractivity contribution in [3.05, 3.63) is 35.9 Å². The van der Waals surface area contributed by atoms with Gasteiger partial charge in [0.25, 0.3) is 0 Å². The van der Waals surface area contributed by atoms with Crippen LogP contribution in [0.25, 0.3) is 0 Å². The lowest BCUT2D eigenvalue weighted by Crippen LogP contribution is -2.07. The van der Waals surface area contributed by atoms with E-state index < -0.39 is 0 Å². The first kappa shape index (κ1) is 12.6. The van der Waals surface area contributed by atoms with Crippen molar-refractivity contribution < 1.29 is 9.47 Å². The second-order valence-corrected chi connectivity index (χ2v) is 3.73. The fourth-order valence-corrected chi connectivity index (χ4v) is 1.43. The van der Waals surface area contributed by atoms with Crippen LogP contribution < -0.4 is 15.2 Å². The van der Waals surface area contributed by atoms with Gasteiger partial charge in [0, 0.05) is 0 Å². The number of ether oxygens (including phenoxy) is 2. The molecular formula is C13H19NO2. The molecule has 0 spiro atoms. The first-order valence-corrected chi connectivity index (χ1v) is 5.32. The van der Waals surface area contributed by atoms with Gasteiger partial charge in [0.05, 0.1) is 7.11 Å². The molecule has 0 aromatic heterocycles. The molecule has 1 rings (SSSR count). The lowest BCUT2D eigenvalue weighted by atomic mass is 10.1. The number of para-hydroxylation sites is 1. The minimum atomic E-state index is 0.498. The van der Waals surface area contributed by atoms with Crippen LogP contribution in [0.1, 0.15) is 12.5 Å². The molecule has 0 fully saturated rings. The largest absolute Gasteiger partial charge is 0.493 e. The van der Waals surface area contributed by atoms with Gasteiger partial charge < -0.3 is 15.2 Å².